The lowest BCUT2D eigenvalue weighted by Gasteiger charge is -2.20. The molecule has 0 radical (unpaired) electrons. The van der Waals surface area contributed by atoms with Crippen LogP contribution in [0.5, 0.6) is 5.75 Å². The van der Waals surface area contributed by atoms with Crippen LogP contribution in [0, 0.1) is 0 Å². The molecule has 0 saturated carbocycles. The molecule has 0 aliphatic carbocycles. The van der Waals surface area contributed by atoms with Crippen LogP contribution < -0.4 is 5.32 Å². The number of anilines is 1. The molecule has 1 saturated heterocycles. The molecular weight excluding hydrogens is 262 g/mol. The van der Waals surface area contributed by atoms with E-state index < -0.39 is 0 Å². The normalized spacial score (nSPS) is 16.8. The van der Waals surface area contributed by atoms with Crippen LogP contribution in [0.15, 0.2) is 30.5 Å². The molecule has 2 N–H and O–H groups in total. The van der Waals surface area contributed by atoms with E-state index >= 15 is 0 Å². The van der Waals surface area contributed by atoms with Crippen LogP contribution >= 0.6 is 0 Å². The van der Waals surface area contributed by atoms with E-state index in [1.54, 1.807) is 12.1 Å². The SMILES string of the molecule is Oc1ccc2ccnc(NCCN3CCCCCC3)c2c1. The molecule has 0 unspecified atom stereocenters. The molecular formula is C17H23N3O. The van der Waals surface area contributed by atoms with E-state index in [9.17, 15) is 5.11 Å². The zero-order chi connectivity index (χ0) is 14.5. The Bertz CT molecular complexity index is 592. The Labute approximate surface area is 125 Å². The van der Waals surface area contributed by atoms with Crippen LogP contribution in [0.3, 0.4) is 0 Å². The third kappa shape index (κ3) is 3.64. The number of aromatic nitrogens is 1. The van der Waals surface area contributed by atoms with Crippen molar-refractivity contribution in [1.29, 1.82) is 0 Å². The number of fused-ring (bicyclic) bond motifs is 1. The quantitative estimate of drug-likeness (QED) is 0.905. The molecule has 1 fully saturated rings. The minimum Gasteiger partial charge on any atom is -0.508 e. The number of hydrogen-bond donors (Lipinski definition) is 2. The maximum absolute atomic E-state index is 9.65. The first-order valence-electron chi connectivity index (χ1n) is 7.87. The van der Waals surface area contributed by atoms with Gasteiger partial charge >= 0.3 is 0 Å². The van der Waals surface area contributed by atoms with Gasteiger partial charge in [0.2, 0.25) is 0 Å². The Balaban J connectivity index is 1.63. The topological polar surface area (TPSA) is 48.4 Å². The predicted molar refractivity (Wildman–Crippen MR) is 86.8 cm³/mol. The summed E-state index contributed by atoms with van der Waals surface area (Å²) < 4.78 is 0. The number of nitrogens with zero attached hydrogens (tertiary/aromatic N) is 2. The number of aromatic hydroxyl groups is 1. The number of phenolic OH excluding ortho intramolecular Hbond substituents is 1. The highest BCUT2D eigenvalue weighted by Gasteiger charge is 2.09. The Hall–Kier alpha value is -1.81. The Morgan fingerprint density at radius 2 is 1.90 bits per heavy atom. The van der Waals surface area contributed by atoms with Crippen LogP contribution in [0.25, 0.3) is 10.8 Å². The van der Waals surface area contributed by atoms with Crippen LogP contribution in [0.2, 0.25) is 0 Å². The first-order valence-corrected chi connectivity index (χ1v) is 7.87. The molecule has 0 atom stereocenters. The maximum atomic E-state index is 9.65. The number of nitrogens with one attached hydrogen (secondary N) is 1. The third-order valence-electron chi connectivity index (χ3n) is 4.17. The summed E-state index contributed by atoms with van der Waals surface area (Å²) >= 11 is 0. The van der Waals surface area contributed by atoms with Crippen molar-refractivity contribution in [1.82, 2.24) is 9.88 Å². The second-order valence-corrected chi connectivity index (χ2v) is 5.75. The van der Waals surface area contributed by atoms with Crippen LogP contribution in [0.4, 0.5) is 5.82 Å². The van der Waals surface area contributed by atoms with Gasteiger partial charge in [0, 0.05) is 24.7 Å². The first-order chi connectivity index (χ1) is 10.3. The number of rotatable bonds is 4. The van der Waals surface area contributed by atoms with E-state index in [0.29, 0.717) is 0 Å². The van der Waals surface area contributed by atoms with E-state index in [4.69, 9.17) is 0 Å². The minimum atomic E-state index is 0.283. The molecule has 0 spiro atoms. The molecule has 1 aliphatic rings. The lowest BCUT2D eigenvalue weighted by molar-refractivity contribution is 0.296. The van der Waals surface area contributed by atoms with E-state index in [2.05, 4.69) is 15.2 Å². The highest BCUT2D eigenvalue weighted by Crippen LogP contribution is 2.24. The third-order valence-corrected chi connectivity index (χ3v) is 4.17. The fourth-order valence-corrected chi connectivity index (χ4v) is 2.99. The molecule has 2 aromatic rings. The first kappa shape index (κ1) is 14.1. The smallest absolute Gasteiger partial charge is 0.133 e. The molecule has 0 bridgehead atoms. The summed E-state index contributed by atoms with van der Waals surface area (Å²) in [6.45, 7) is 4.37. The van der Waals surface area contributed by atoms with Gasteiger partial charge in [0.05, 0.1) is 0 Å². The lowest BCUT2D eigenvalue weighted by atomic mass is 10.1. The van der Waals surface area contributed by atoms with Gasteiger partial charge in [-0.25, -0.2) is 4.98 Å². The summed E-state index contributed by atoms with van der Waals surface area (Å²) in [5, 5.41) is 15.1. The Morgan fingerprint density at radius 3 is 2.71 bits per heavy atom. The van der Waals surface area contributed by atoms with E-state index in [-0.39, 0.29) is 5.75 Å². The molecule has 1 aromatic carbocycles. The van der Waals surface area contributed by atoms with Crippen molar-refractivity contribution in [2.75, 3.05) is 31.5 Å². The van der Waals surface area contributed by atoms with Crippen molar-refractivity contribution in [2.24, 2.45) is 0 Å². The van der Waals surface area contributed by atoms with Gasteiger partial charge < -0.3 is 15.3 Å². The van der Waals surface area contributed by atoms with Gasteiger partial charge in [0.1, 0.15) is 11.6 Å². The van der Waals surface area contributed by atoms with Gasteiger partial charge in [-0.05, 0) is 49.5 Å². The summed E-state index contributed by atoms with van der Waals surface area (Å²) in [7, 11) is 0. The van der Waals surface area contributed by atoms with Crippen LogP contribution in [-0.2, 0) is 0 Å². The van der Waals surface area contributed by atoms with Gasteiger partial charge in [0.25, 0.3) is 0 Å². The van der Waals surface area contributed by atoms with Crippen LogP contribution in [0.1, 0.15) is 25.7 Å². The fourth-order valence-electron chi connectivity index (χ4n) is 2.99. The monoisotopic (exact) mass is 285 g/mol. The van der Waals surface area contributed by atoms with Gasteiger partial charge in [-0.15, -0.1) is 0 Å². The average molecular weight is 285 g/mol. The van der Waals surface area contributed by atoms with E-state index in [1.807, 2.05) is 18.3 Å². The zero-order valence-corrected chi connectivity index (χ0v) is 12.4. The molecule has 21 heavy (non-hydrogen) atoms. The number of phenols is 1. The summed E-state index contributed by atoms with van der Waals surface area (Å²) in [6.07, 6.45) is 7.19. The van der Waals surface area contributed by atoms with Crippen molar-refractivity contribution < 1.29 is 5.11 Å². The average Bonchev–Trinajstić information content (AvgIpc) is 2.76. The summed E-state index contributed by atoms with van der Waals surface area (Å²) in [4.78, 5) is 6.94. The van der Waals surface area contributed by atoms with Gasteiger partial charge in [-0.2, -0.15) is 0 Å². The number of hydrogen-bond acceptors (Lipinski definition) is 4. The molecule has 4 heteroatoms. The van der Waals surface area contributed by atoms with E-state index in [1.165, 1.54) is 38.8 Å². The molecule has 112 valence electrons. The molecule has 3 rings (SSSR count). The molecule has 4 nitrogen and oxygen atoms in total. The van der Waals surface area contributed by atoms with E-state index in [0.717, 1.165) is 29.7 Å². The number of benzene rings is 1. The summed E-state index contributed by atoms with van der Waals surface area (Å²) in [6, 6.07) is 7.38. The Morgan fingerprint density at radius 1 is 1.10 bits per heavy atom. The fraction of sp³-hybridized carbons (Fsp3) is 0.471. The number of likely N-dealkylation sites (tertiary alicyclic amines) is 1. The molecule has 0 amide bonds. The van der Waals surface area contributed by atoms with Gasteiger partial charge in [-0.1, -0.05) is 18.9 Å². The Kier molecular flexibility index (Phi) is 4.55. The molecule has 1 aliphatic heterocycles. The maximum Gasteiger partial charge on any atom is 0.133 e. The minimum absolute atomic E-state index is 0.283. The molecule has 2 heterocycles. The summed E-state index contributed by atoms with van der Waals surface area (Å²) in [5.74, 6) is 1.14. The second kappa shape index (κ2) is 6.76. The highest BCUT2D eigenvalue weighted by molar-refractivity contribution is 5.92. The zero-order valence-electron chi connectivity index (χ0n) is 12.4. The van der Waals surface area contributed by atoms with Crippen molar-refractivity contribution in [3.05, 3.63) is 30.5 Å². The second-order valence-electron chi connectivity index (χ2n) is 5.75. The number of pyridine rings is 1. The highest BCUT2D eigenvalue weighted by atomic mass is 16.3. The van der Waals surface area contributed by atoms with Gasteiger partial charge in [-0.3, -0.25) is 0 Å². The standard InChI is InChI=1S/C17H23N3O/c21-15-6-5-14-7-8-18-17(16(14)13-15)19-9-12-20-10-3-1-2-4-11-20/h5-8,13,21H,1-4,9-12H2,(H,18,19). The van der Waals surface area contributed by atoms with Crippen molar-refractivity contribution >= 4 is 16.6 Å². The lowest BCUT2D eigenvalue weighted by Crippen LogP contribution is -2.30. The molecule has 1 aromatic heterocycles. The van der Waals surface area contributed by atoms with Crippen LogP contribution in [-0.4, -0.2) is 41.2 Å². The van der Waals surface area contributed by atoms with Crippen molar-refractivity contribution in [3.8, 4) is 5.75 Å². The largest absolute Gasteiger partial charge is 0.508 e. The van der Waals surface area contributed by atoms with Gasteiger partial charge in [0.15, 0.2) is 0 Å². The van der Waals surface area contributed by atoms with Crippen molar-refractivity contribution in [2.45, 2.75) is 25.7 Å². The van der Waals surface area contributed by atoms with Crippen molar-refractivity contribution in [3.63, 3.8) is 0 Å². The summed E-state index contributed by atoms with van der Waals surface area (Å²) in [5.41, 5.74) is 0. The predicted octanol–water partition coefficient (Wildman–Crippen LogP) is 3.23.